The van der Waals surface area contributed by atoms with Crippen LogP contribution in [0.3, 0.4) is 0 Å². The molecule has 0 heterocycles. The lowest BCUT2D eigenvalue weighted by atomic mass is 10.3. The molecule has 1 aromatic rings. The Morgan fingerprint density at radius 3 is 2.11 bits per heavy atom. The molecular formula is C12H20N2O3S. The summed E-state index contributed by atoms with van der Waals surface area (Å²) in [6.45, 7) is 3.36. The third-order valence-electron chi connectivity index (χ3n) is 2.73. The van der Waals surface area contributed by atoms with Gasteiger partial charge in [-0.05, 0) is 31.2 Å². The van der Waals surface area contributed by atoms with E-state index in [1.165, 1.54) is 18.4 Å². The summed E-state index contributed by atoms with van der Waals surface area (Å²) in [7, 11) is -0.358. The molecule has 0 radical (unpaired) electrons. The molecule has 0 aromatic heterocycles. The van der Waals surface area contributed by atoms with Crippen LogP contribution < -0.4 is 4.90 Å². The van der Waals surface area contributed by atoms with E-state index in [9.17, 15) is 8.42 Å². The van der Waals surface area contributed by atoms with Gasteiger partial charge >= 0.3 is 0 Å². The van der Waals surface area contributed by atoms with Crippen LogP contribution in [0, 0.1) is 0 Å². The molecule has 0 aliphatic carbocycles. The number of aliphatic hydroxyl groups excluding tert-OH is 1. The van der Waals surface area contributed by atoms with Crippen molar-refractivity contribution < 1.29 is 13.5 Å². The minimum atomic E-state index is -3.37. The summed E-state index contributed by atoms with van der Waals surface area (Å²) in [6.07, 6.45) is 0. The lowest BCUT2D eigenvalue weighted by Gasteiger charge is -2.22. The standard InChI is InChI=1S/C12H20N2O3S/c1-4-14(9-10-15)11-5-7-12(8-6-11)18(16,17)13(2)3/h5-8,15H,4,9-10H2,1-3H3. The third kappa shape index (κ3) is 3.22. The number of benzene rings is 1. The summed E-state index contributed by atoms with van der Waals surface area (Å²) in [5.74, 6) is 0. The molecule has 18 heavy (non-hydrogen) atoms. The van der Waals surface area contributed by atoms with Gasteiger partial charge in [-0.15, -0.1) is 0 Å². The number of rotatable bonds is 6. The lowest BCUT2D eigenvalue weighted by Crippen LogP contribution is -2.26. The molecule has 0 atom stereocenters. The zero-order valence-electron chi connectivity index (χ0n) is 11.0. The van der Waals surface area contributed by atoms with E-state index in [0.29, 0.717) is 6.54 Å². The van der Waals surface area contributed by atoms with Gasteiger partial charge in [0.1, 0.15) is 0 Å². The third-order valence-corrected chi connectivity index (χ3v) is 4.56. The Hall–Kier alpha value is -1.11. The number of likely N-dealkylation sites (N-methyl/N-ethyl adjacent to an activating group) is 1. The maximum atomic E-state index is 11.9. The fourth-order valence-electron chi connectivity index (χ4n) is 1.63. The zero-order chi connectivity index (χ0) is 13.8. The first-order chi connectivity index (χ1) is 8.43. The van der Waals surface area contributed by atoms with Crippen molar-refractivity contribution in [3.8, 4) is 0 Å². The average Bonchev–Trinajstić information content (AvgIpc) is 2.36. The summed E-state index contributed by atoms with van der Waals surface area (Å²) in [6, 6.07) is 6.69. The molecule has 1 rings (SSSR count). The monoisotopic (exact) mass is 272 g/mol. The van der Waals surface area contributed by atoms with E-state index in [-0.39, 0.29) is 11.5 Å². The van der Waals surface area contributed by atoms with Gasteiger partial charge in [0.25, 0.3) is 0 Å². The molecule has 0 saturated carbocycles. The van der Waals surface area contributed by atoms with Crippen LogP contribution in [0.4, 0.5) is 5.69 Å². The van der Waals surface area contributed by atoms with E-state index in [4.69, 9.17) is 5.11 Å². The number of nitrogens with zero attached hydrogens (tertiary/aromatic N) is 2. The molecule has 6 heteroatoms. The molecule has 0 unspecified atom stereocenters. The summed E-state index contributed by atoms with van der Waals surface area (Å²) in [5, 5.41) is 8.94. The van der Waals surface area contributed by atoms with Crippen molar-refractivity contribution in [2.45, 2.75) is 11.8 Å². The van der Waals surface area contributed by atoms with Crippen molar-refractivity contribution in [3.05, 3.63) is 24.3 Å². The Bertz CT molecular complexity index is 469. The quantitative estimate of drug-likeness (QED) is 0.830. The smallest absolute Gasteiger partial charge is 0.242 e. The minimum Gasteiger partial charge on any atom is -0.395 e. The summed E-state index contributed by atoms with van der Waals surface area (Å²) >= 11 is 0. The van der Waals surface area contributed by atoms with Gasteiger partial charge in [-0.1, -0.05) is 0 Å². The first-order valence-corrected chi connectivity index (χ1v) is 7.26. The van der Waals surface area contributed by atoms with Crippen molar-refractivity contribution in [2.24, 2.45) is 0 Å². The Kier molecular flexibility index (Phi) is 5.13. The maximum absolute atomic E-state index is 11.9. The maximum Gasteiger partial charge on any atom is 0.242 e. The number of hydrogen-bond donors (Lipinski definition) is 1. The molecule has 1 N–H and O–H groups in total. The van der Waals surface area contributed by atoms with Crippen LogP contribution >= 0.6 is 0 Å². The highest BCUT2D eigenvalue weighted by molar-refractivity contribution is 7.89. The summed E-state index contributed by atoms with van der Waals surface area (Å²) < 4.78 is 24.9. The first kappa shape index (κ1) is 14.9. The topological polar surface area (TPSA) is 60.9 Å². The number of aliphatic hydroxyl groups is 1. The van der Waals surface area contributed by atoms with Gasteiger partial charge in [0.2, 0.25) is 10.0 Å². The minimum absolute atomic E-state index is 0.0750. The highest BCUT2D eigenvalue weighted by Crippen LogP contribution is 2.19. The second-order valence-electron chi connectivity index (χ2n) is 4.08. The van der Waals surface area contributed by atoms with Gasteiger partial charge in [0, 0.05) is 32.9 Å². The van der Waals surface area contributed by atoms with Crippen LogP contribution in [0.1, 0.15) is 6.92 Å². The average molecular weight is 272 g/mol. The highest BCUT2D eigenvalue weighted by atomic mass is 32.2. The van der Waals surface area contributed by atoms with Gasteiger partial charge in [0.15, 0.2) is 0 Å². The van der Waals surface area contributed by atoms with Crippen molar-refractivity contribution in [2.75, 3.05) is 38.7 Å². The lowest BCUT2D eigenvalue weighted by molar-refractivity contribution is 0.302. The SMILES string of the molecule is CCN(CCO)c1ccc(S(=O)(=O)N(C)C)cc1. The molecule has 0 amide bonds. The predicted molar refractivity (Wildman–Crippen MR) is 72.3 cm³/mol. The van der Waals surface area contributed by atoms with Gasteiger partial charge < -0.3 is 10.0 Å². The molecule has 5 nitrogen and oxygen atoms in total. The predicted octanol–water partition coefficient (Wildman–Crippen LogP) is 0.755. The highest BCUT2D eigenvalue weighted by Gasteiger charge is 2.17. The van der Waals surface area contributed by atoms with E-state index >= 15 is 0 Å². The second-order valence-corrected chi connectivity index (χ2v) is 6.24. The van der Waals surface area contributed by atoms with E-state index in [2.05, 4.69) is 0 Å². The van der Waals surface area contributed by atoms with E-state index in [1.807, 2.05) is 11.8 Å². The largest absolute Gasteiger partial charge is 0.395 e. The number of sulfonamides is 1. The Balaban J connectivity index is 2.99. The Morgan fingerprint density at radius 2 is 1.72 bits per heavy atom. The van der Waals surface area contributed by atoms with Crippen LogP contribution in [0.2, 0.25) is 0 Å². The number of hydrogen-bond acceptors (Lipinski definition) is 4. The van der Waals surface area contributed by atoms with Crippen LogP contribution in [-0.2, 0) is 10.0 Å². The molecule has 0 spiro atoms. The molecule has 0 aliphatic rings. The first-order valence-electron chi connectivity index (χ1n) is 5.82. The van der Waals surface area contributed by atoms with Crippen LogP contribution in [0.25, 0.3) is 0 Å². The molecule has 0 saturated heterocycles. The normalized spacial score (nSPS) is 11.8. The second kappa shape index (κ2) is 6.17. The van der Waals surface area contributed by atoms with E-state index in [0.717, 1.165) is 12.2 Å². The Morgan fingerprint density at radius 1 is 1.17 bits per heavy atom. The van der Waals surface area contributed by atoms with Crippen LogP contribution in [0.15, 0.2) is 29.2 Å². The molecule has 0 fully saturated rings. The summed E-state index contributed by atoms with van der Waals surface area (Å²) in [5.41, 5.74) is 0.907. The van der Waals surface area contributed by atoms with Crippen molar-refractivity contribution in [1.82, 2.24) is 4.31 Å². The summed E-state index contributed by atoms with van der Waals surface area (Å²) in [4.78, 5) is 2.25. The fourth-order valence-corrected chi connectivity index (χ4v) is 2.53. The number of anilines is 1. The van der Waals surface area contributed by atoms with Crippen molar-refractivity contribution >= 4 is 15.7 Å². The molecule has 0 aliphatic heterocycles. The molecular weight excluding hydrogens is 252 g/mol. The van der Waals surface area contributed by atoms with Gasteiger partial charge in [-0.2, -0.15) is 0 Å². The van der Waals surface area contributed by atoms with Crippen LogP contribution in [-0.4, -0.2) is 51.6 Å². The van der Waals surface area contributed by atoms with Crippen molar-refractivity contribution in [3.63, 3.8) is 0 Å². The van der Waals surface area contributed by atoms with E-state index in [1.54, 1.807) is 24.3 Å². The van der Waals surface area contributed by atoms with Gasteiger partial charge in [0.05, 0.1) is 11.5 Å². The molecule has 0 bridgehead atoms. The van der Waals surface area contributed by atoms with Crippen molar-refractivity contribution in [1.29, 1.82) is 0 Å². The van der Waals surface area contributed by atoms with Gasteiger partial charge in [-0.3, -0.25) is 0 Å². The zero-order valence-corrected chi connectivity index (χ0v) is 11.8. The van der Waals surface area contributed by atoms with Crippen LogP contribution in [0.5, 0.6) is 0 Å². The van der Waals surface area contributed by atoms with Gasteiger partial charge in [-0.25, -0.2) is 12.7 Å². The molecule has 1 aromatic carbocycles. The fraction of sp³-hybridized carbons (Fsp3) is 0.500. The Labute approximate surface area is 109 Å². The van der Waals surface area contributed by atoms with E-state index < -0.39 is 10.0 Å². The molecule has 102 valence electrons.